The molecule has 0 unspecified atom stereocenters. The van der Waals surface area contributed by atoms with Gasteiger partial charge in [0.25, 0.3) is 0 Å². The molecule has 66 valence electrons. The maximum atomic E-state index is 13.2. The highest BCUT2D eigenvalue weighted by Crippen LogP contribution is 2.24. The summed E-state index contributed by atoms with van der Waals surface area (Å²) in [6, 6.07) is 3.24. The average molecular weight is 282 g/mol. The lowest BCUT2D eigenvalue weighted by molar-refractivity contribution is 0.271. The lowest BCUT2D eigenvalue weighted by Crippen LogP contribution is -1.97. The number of aliphatic hydroxyl groups is 1. The highest BCUT2D eigenvalue weighted by molar-refractivity contribution is 14.1. The molecule has 0 fully saturated rings. The molecule has 0 spiro atoms. The minimum absolute atomic E-state index is 0.166. The minimum Gasteiger partial charge on any atom is -0.494 e. The van der Waals surface area contributed by atoms with Gasteiger partial charge in [-0.15, -0.1) is 0 Å². The highest BCUT2D eigenvalue weighted by Gasteiger charge is 2.10. The van der Waals surface area contributed by atoms with E-state index in [2.05, 4.69) is 0 Å². The zero-order chi connectivity index (χ0) is 9.14. The number of hydrogen-bond donors (Lipinski definition) is 1. The largest absolute Gasteiger partial charge is 0.494 e. The molecule has 0 radical (unpaired) electrons. The van der Waals surface area contributed by atoms with E-state index in [1.807, 2.05) is 22.6 Å². The minimum atomic E-state index is -0.480. The van der Waals surface area contributed by atoms with Gasteiger partial charge in [0.2, 0.25) is 0 Å². The van der Waals surface area contributed by atoms with Crippen molar-refractivity contribution in [2.45, 2.75) is 6.61 Å². The molecule has 1 N–H and O–H groups in total. The Morgan fingerprint density at radius 2 is 2.25 bits per heavy atom. The Kier molecular flexibility index (Phi) is 3.28. The van der Waals surface area contributed by atoms with Crippen LogP contribution in [0.5, 0.6) is 5.75 Å². The Bertz CT molecular complexity index is 289. The van der Waals surface area contributed by atoms with Gasteiger partial charge in [0.05, 0.1) is 13.7 Å². The standard InChI is InChI=1S/C8H8FIO2/c1-12-7-3-2-6(10)5(4-11)8(7)9/h2-3,11H,4H2,1H3. The summed E-state index contributed by atoms with van der Waals surface area (Å²) in [4.78, 5) is 0. The third-order valence-corrected chi connectivity index (χ3v) is 2.54. The van der Waals surface area contributed by atoms with E-state index in [1.165, 1.54) is 13.2 Å². The van der Waals surface area contributed by atoms with Crippen LogP contribution in [0.4, 0.5) is 4.39 Å². The Balaban J connectivity index is 3.24. The third-order valence-electron chi connectivity index (χ3n) is 1.53. The fourth-order valence-electron chi connectivity index (χ4n) is 0.879. The normalized spacial score (nSPS) is 10.0. The molecule has 4 heteroatoms. The molecule has 0 atom stereocenters. The number of ether oxygens (including phenoxy) is 1. The first-order valence-electron chi connectivity index (χ1n) is 3.32. The van der Waals surface area contributed by atoms with Gasteiger partial charge in [0.1, 0.15) is 0 Å². The Morgan fingerprint density at radius 1 is 1.58 bits per heavy atom. The van der Waals surface area contributed by atoms with E-state index in [4.69, 9.17) is 9.84 Å². The highest BCUT2D eigenvalue weighted by atomic mass is 127. The second-order valence-electron chi connectivity index (χ2n) is 2.20. The fraction of sp³-hybridized carbons (Fsp3) is 0.250. The van der Waals surface area contributed by atoms with Gasteiger partial charge >= 0.3 is 0 Å². The molecule has 0 saturated carbocycles. The molecule has 2 nitrogen and oxygen atoms in total. The van der Waals surface area contributed by atoms with Crippen molar-refractivity contribution < 1.29 is 14.2 Å². The van der Waals surface area contributed by atoms with E-state index in [0.29, 0.717) is 3.57 Å². The van der Waals surface area contributed by atoms with E-state index in [1.54, 1.807) is 6.07 Å². The zero-order valence-corrected chi connectivity index (χ0v) is 8.63. The van der Waals surface area contributed by atoms with Crippen molar-refractivity contribution in [2.24, 2.45) is 0 Å². The van der Waals surface area contributed by atoms with Crippen LogP contribution in [0.3, 0.4) is 0 Å². The van der Waals surface area contributed by atoms with Crippen molar-refractivity contribution in [3.05, 3.63) is 27.1 Å². The molecule has 1 aromatic carbocycles. The van der Waals surface area contributed by atoms with Crippen molar-refractivity contribution in [3.63, 3.8) is 0 Å². The van der Waals surface area contributed by atoms with Crippen molar-refractivity contribution in [3.8, 4) is 5.75 Å². The molecule has 1 rings (SSSR count). The maximum absolute atomic E-state index is 13.2. The molecule has 0 aliphatic heterocycles. The van der Waals surface area contributed by atoms with Gasteiger partial charge in [0.15, 0.2) is 11.6 Å². The van der Waals surface area contributed by atoms with Crippen LogP contribution in [0.2, 0.25) is 0 Å². The van der Waals surface area contributed by atoms with Crippen LogP contribution in [0.25, 0.3) is 0 Å². The van der Waals surface area contributed by atoms with Gasteiger partial charge in [-0.05, 0) is 34.7 Å². The molecule has 12 heavy (non-hydrogen) atoms. The number of benzene rings is 1. The van der Waals surface area contributed by atoms with E-state index in [9.17, 15) is 4.39 Å². The summed E-state index contributed by atoms with van der Waals surface area (Å²) in [7, 11) is 1.40. The molecular weight excluding hydrogens is 274 g/mol. The Hall–Kier alpha value is -0.360. The molecule has 0 aromatic heterocycles. The van der Waals surface area contributed by atoms with Crippen LogP contribution < -0.4 is 4.74 Å². The van der Waals surface area contributed by atoms with E-state index < -0.39 is 5.82 Å². The SMILES string of the molecule is COc1ccc(I)c(CO)c1F. The van der Waals surface area contributed by atoms with Crippen molar-refractivity contribution in [1.82, 2.24) is 0 Å². The number of halogens is 2. The summed E-state index contributed by atoms with van der Waals surface area (Å²) in [5.74, 6) is -0.314. The predicted molar refractivity (Wildman–Crippen MR) is 51.6 cm³/mol. The van der Waals surface area contributed by atoms with Crippen molar-refractivity contribution >= 4 is 22.6 Å². The van der Waals surface area contributed by atoms with Gasteiger partial charge in [-0.25, -0.2) is 4.39 Å². The lowest BCUT2D eigenvalue weighted by Gasteiger charge is -2.06. The smallest absolute Gasteiger partial charge is 0.171 e. The Morgan fingerprint density at radius 3 is 2.75 bits per heavy atom. The number of methoxy groups -OCH3 is 1. The Labute approximate surface area is 83.5 Å². The number of rotatable bonds is 2. The summed E-state index contributed by atoms with van der Waals surface area (Å²) >= 11 is 1.96. The third kappa shape index (κ3) is 1.69. The molecule has 0 aliphatic rings. The first kappa shape index (κ1) is 9.73. The van der Waals surface area contributed by atoms with Gasteiger partial charge < -0.3 is 9.84 Å². The van der Waals surface area contributed by atoms with Gasteiger partial charge in [-0.1, -0.05) is 0 Å². The van der Waals surface area contributed by atoms with Crippen LogP contribution in [0, 0.1) is 9.39 Å². The summed E-state index contributed by atoms with van der Waals surface area (Å²) in [6.07, 6.45) is 0. The molecule has 0 saturated heterocycles. The first-order chi connectivity index (χ1) is 5.70. The topological polar surface area (TPSA) is 29.5 Å². The van der Waals surface area contributed by atoms with Gasteiger partial charge in [-0.3, -0.25) is 0 Å². The van der Waals surface area contributed by atoms with Crippen LogP contribution in [-0.2, 0) is 6.61 Å². The van der Waals surface area contributed by atoms with Crippen LogP contribution in [0.1, 0.15) is 5.56 Å². The van der Waals surface area contributed by atoms with E-state index in [-0.39, 0.29) is 17.9 Å². The zero-order valence-electron chi connectivity index (χ0n) is 6.47. The summed E-state index contributed by atoms with van der Waals surface area (Å²) in [5, 5.41) is 8.82. The van der Waals surface area contributed by atoms with E-state index in [0.717, 1.165) is 0 Å². The van der Waals surface area contributed by atoms with Crippen LogP contribution in [0.15, 0.2) is 12.1 Å². The van der Waals surface area contributed by atoms with Crippen molar-refractivity contribution in [2.75, 3.05) is 7.11 Å². The second-order valence-corrected chi connectivity index (χ2v) is 3.36. The quantitative estimate of drug-likeness (QED) is 0.840. The molecule has 1 aromatic rings. The average Bonchev–Trinajstić information content (AvgIpc) is 2.06. The number of aliphatic hydroxyl groups excluding tert-OH is 1. The van der Waals surface area contributed by atoms with Gasteiger partial charge in [0, 0.05) is 9.13 Å². The van der Waals surface area contributed by atoms with E-state index >= 15 is 0 Å². The second kappa shape index (κ2) is 4.04. The first-order valence-corrected chi connectivity index (χ1v) is 4.40. The molecule has 0 heterocycles. The van der Waals surface area contributed by atoms with Crippen LogP contribution in [-0.4, -0.2) is 12.2 Å². The fourth-order valence-corrected chi connectivity index (χ4v) is 1.47. The monoisotopic (exact) mass is 282 g/mol. The maximum Gasteiger partial charge on any atom is 0.171 e. The van der Waals surface area contributed by atoms with Gasteiger partial charge in [-0.2, -0.15) is 0 Å². The molecular formula is C8H8FIO2. The summed E-state index contributed by atoms with van der Waals surface area (Å²) in [5.41, 5.74) is 0.287. The molecule has 0 aliphatic carbocycles. The summed E-state index contributed by atoms with van der Waals surface area (Å²) in [6.45, 7) is -0.304. The van der Waals surface area contributed by atoms with Crippen LogP contribution >= 0.6 is 22.6 Å². The molecule has 0 bridgehead atoms. The molecule has 0 amide bonds. The van der Waals surface area contributed by atoms with Crippen molar-refractivity contribution in [1.29, 1.82) is 0 Å². The summed E-state index contributed by atoms with van der Waals surface area (Å²) < 4.78 is 18.7. The predicted octanol–water partition coefficient (Wildman–Crippen LogP) is 1.93. The number of hydrogen-bond acceptors (Lipinski definition) is 2. The lowest BCUT2D eigenvalue weighted by atomic mass is 10.2.